The molecule has 0 unspecified atom stereocenters. The normalized spacial score (nSPS) is 16.5. The van der Waals surface area contributed by atoms with Crippen LogP contribution in [0.25, 0.3) is 0 Å². The highest BCUT2D eigenvalue weighted by Crippen LogP contribution is 2.23. The fraction of sp³-hybridized carbons (Fsp3) is 0.500. The molecule has 1 aromatic carbocycles. The van der Waals surface area contributed by atoms with Gasteiger partial charge in [0.1, 0.15) is 0 Å². The molecule has 0 spiro atoms. The zero-order valence-electron chi connectivity index (χ0n) is 10.5. The Morgan fingerprint density at radius 2 is 1.88 bits per heavy atom. The summed E-state index contributed by atoms with van der Waals surface area (Å²) in [6.45, 7) is 4.47. The van der Waals surface area contributed by atoms with Crippen LogP contribution in [0.5, 0.6) is 0 Å². The summed E-state index contributed by atoms with van der Waals surface area (Å²) in [5.41, 5.74) is 8.07. The standard InChI is InChI=1S/C14H21N3/c1-2-5-14(15)16-12-6-8-13(9-7-12)17-10-3-4-11-17/h6-9H,2-5,10-11H2,1H3,(H2,15,16). The number of anilines is 1. The van der Waals surface area contributed by atoms with Gasteiger partial charge in [0.05, 0.1) is 11.5 Å². The van der Waals surface area contributed by atoms with Crippen LogP contribution < -0.4 is 10.6 Å². The third-order valence-corrected chi connectivity index (χ3v) is 3.10. The van der Waals surface area contributed by atoms with Crippen LogP contribution in [-0.4, -0.2) is 18.9 Å². The maximum absolute atomic E-state index is 5.82. The fourth-order valence-corrected chi connectivity index (χ4v) is 2.19. The summed E-state index contributed by atoms with van der Waals surface area (Å²) in [7, 11) is 0. The molecule has 1 aliphatic heterocycles. The van der Waals surface area contributed by atoms with Crippen molar-refractivity contribution < 1.29 is 0 Å². The minimum atomic E-state index is 0.724. The monoisotopic (exact) mass is 231 g/mol. The molecule has 0 radical (unpaired) electrons. The van der Waals surface area contributed by atoms with Gasteiger partial charge in [-0.1, -0.05) is 6.92 Å². The Morgan fingerprint density at radius 3 is 2.47 bits per heavy atom. The second-order valence-corrected chi connectivity index (χ2v) is 4.56. The molecule has 0 amide bonds. The van der Waals surface area contributed by atoms with Gasteiger partial charge in [0.15, 0.2) is 0 Å². The summed E-state index contributed by atoms with van der Waals surface area (Å²) in [5, 5.41) is 0. The molecule has 1 aliphatic rings. The van der Waals surface area contributed by atoms with Gasteiger partial charge in [-0.3, -0.25) is 0 Å². The topological polar surface area (TPSA) is 41.6 Å². The Balaban J connectivity index is 2.04. The van der Waals surface area contributed by atoms with Crippen LogP contribution in [0.1, 0.15) is 32.6 Å². The third kappa shape index (κ3) is 3.22. The lowest BCUT2D eigenvalue weighted by Gasteiger charge is -2.17. The van der Waals surface area contributed by atoms with Crippen molar-refractivity contribution in [3.8, 4) is 0 Å². The molecule has 92 valence electrons. The van der Waals surface area contributed by atoms with Crippen molar-refractivity contribution in [3.05, 3.63) is 24.3 Å². The first-order valence-corrected chi connectivity index (χ1v) is 6.47. The van der Waals surface area contributed by atoms with Crippen LogP contribution in [0.15, 0.2) is 29.3 Å². The van der Waals surface area contributed by atoms with Gasteiger partial charge >= 0.3 is 0 Å². The van der Waals surface area contributed by atoms with Crippen LogP contribution in [-0.2, 0) is 0 Å². The van der Waals surface area contributed by atoms with Gasteiger partial charge < -0.3 is 10.6 Å². The highest BCUT2D eigenvalue weighted by atomic mass is 15.1. The van der Waals surface area contributed by atoms with Crippen LogP contribution >= 0.6 is 0 Å². The molecule has 1 aromatic rings. The number of nitrogens with two attached hydrogens (primary N) is 1. The molecule has 0 bridgehead atoms. The Kier molecular flexibility index (Phi) is 4.02. The minimum absolute atomic E-state index is 0.724. The lowest BCUT2D eigenvalue weighted by molar-refractivity contribution is 0.949. The maximum atomic E-state index is 5.82. The van der Waals surface area contributed by atoms with E-state index in [4.69, 9.17) is 5.73 Å². The molecule has 0 saturated carbocycles. The van der Waals surface area contributed by atoms with E-state index in [0.29, 0.717) is 0 Å². The summed E-state index contributed by atoms with van der Waals surface area (Å²) < 4.78 is 0. The van der Waals surface area contributed by atoms with E-state index in [0.717, 1.165) is 24.4 Å². The van der Waals surface area contributed by atoms with Gasteiger partial charge in [-0.15, -0.1) is 0 Å². The van der Waals surface area contributed by atoms with E-state index in [2.05, 4.69) is 41.1 Å². The van der Waals surface area contributed by atoms with E-state index < -0.39 is 0 Å². The minimum Gasteiger partial charge on any atom is -0.387 e. The van der Waals surface area contributed by atoms with Crippen molar-refractivity contribution in [1.82, 2.24) is 0 Å². The number of amidine groups is 1. The summed E-state index contributed by atoms with van der Waals surface area (Å²) in [6, 6.07) is 8.39. The van der Waals surface area contributed by atoms with Crippen molar-refractivity contribution >= 4 is 17.2 Å². The molecule has 1 saturated heterocycles. The average molecular weight is 231 g/mol. The second-order valence-electron chi connectivity index (χ2n) is 4.56. The van der Waals surface area contributed by atoms with Crippen LogP contribution in [0.3, 0.4) is 0 Å². The molecule has 0 aromatic heterocycles. The van der Waals surface area contributed by atoms with E-state index in [-0.39, 0.29) is 0 Å². The molecule has 2 N–H and O–H groups in total. The predicted molar refractivity (Wildman–Crippen MR) is 74.1 cm³/mol. The molecular formula is C14H21N3. The van der Waals surface area contributed by atoms with Gasteiger partial charge in [-0.05, 0) is 43.5 Å². The largest absolute Gasteiger partial charge is 0.387 e. The molecular weight excluding hydrogens is 210 g/mol. The van der Waals surface area contributed by atoms with E-state index in [9.17, 15) is 0 Å². The molecule has 0 atom stereocenters. The molecule has 2 rings (SSSR count). The van der Waals surface area contributed by atoms with E-state index in [1.165, 1.54) is 31.6 Å². The third-order valence-electron chi connectivity index (χ3n) is 3.10. The predicted octanol–water partition coefficient (Wildman–Crippen LogP) is 3.08. The highest BCUT2D eigenvalue weighted by Gasteiger charge is 2.11. The van der Waals surface area contributed by atoms with Crippen molar-refractivity contribution in [2.75, 3.05) is 18.0 Å². The van der Waals surface area contributed by atoms with Gasteiger partial charge in [0.25, 0.3) is 0 Å². The van der Waals surface area contributed by atoms with Crippen molar-refractivity contribution in [3.63, 3.8) is 0 Å². The fourth-order valence-electron chi connectivity index (χ4n) is 2.19. The number of hydrogen-bond acceptors (Lipinski definition) is 2. The first-order valence-electron chi connectivity index (χ1n) is 6.47. The Bertz CT molecular complexity index is 375. The summed E-state index contributed by atoms with van der Waals surface area (Å²) in [5.74, 6) is 0.724. The van der Waals surface area contributed by atoms with E-state index in [1.807, 2.05) is 0 Å². The molecule has 17 heavy (non-hydrogen) atoms. The lowest BCUT2D eigenvalue weighted by atomic mass is 10.2. The van der Waals surface area contributed by atoms with Gasteiger partial charge in [-0.2, -0.15) is 0 Å². The van der Waals surface area contributed by atoms with Crippen molar-refractivity contribution in [1.29, 1.82) is 0 Å². The number of nitrogens with zero attached hydrogens (tertiary/aromatic N) is 2. The SMILES string of the molecule is CCCC(N)=Nc1ccc(N2CCCC2)cc1. The Labute approximate surface area is 103 Å². The zero-order chi connectivity index (χ0) is 12.1. The molecule has 1 fully saturated rings. The Morgan fingerprint density at radius 1 is 1.24 bits per heavy atom. The molecule has 3 nitrogen and oxygen atoms in total. The lowest BCUT2D eigenvalue weighted by Crippen LogP contribution is -2.17. The van der Waals surface area contributed by atoms with Crippen molar-refractivity contribution in [2.45, 2.75) is 32.6 Å². The number of rotatable bonds is 4. The summed E-state index contributed by atoms with van der Waals surface area (Å²) in [4.78, 5) is 6.81. The van der Waals surface area contributed by atoms with Gasteiger partial charge in [0, 0.05) is 25.2 Å². The molecule has 0 aliphatic carbocycles. The highest BCUT2D eigenvalue weighted by molar-refractivity contribution is 5.83. The first kappa shape index (κ1) is 12.0. The van der Waals surface area contributed by atoms with Crippen molar-refractivity contribution in [2.24, 2.45) is 10.7 Å². The first-order chi connectivity index (χ1) is 8.29. The van der Waals surface area contributed by atoms with Crippen LogP contribution in [0, 0.1) is 0 Å². The number of aliphatic imine (C=N–C) groups is 1. The van der Waals surface area contributed by atoms with Crippen LogP contribution in [0.2, 0.25) is 0 Å². The molecule has 3 heteroatoms. The maximum Gasteiger partial charge on any atom is 0.0996 e. The second kappa shape index (κ2) is 5.71. The average Bonchev–Trinajstić information content (AvgIpc) is 2.84. The zero-order valence-corrected chi connectivity index (χ0v) is 10.5. The van der Waals surface area contributed by atoms with Gasteiger partial charge in [0.2, 0.25) is 0 Å². The number of benzene rings is 1. The molecule has 1 heterocycles. The summed E-state index contributed by atoms with van der Waals surface area (Å²) >= 11 is 0. The van der Waals surface area contributed by atoms with E-state index >= 15 is 0 Å². The smallest absolute Gasteiger partial charge is 0.0996 e. The summed E-state index contributed by atoms with van der Waals surface area (Å²) in [6.07, 6.45) is 4.53. The quantitative estimate of drug-likeness (QED) is 0.639. The van der Waals surface area contributed by atoms with Gasteiger partial charge in [-0.25, -0.2) is 4.99 Å². The van der Waals surface area contributed by atoms with E-state index in [1.54, 1.807) is 0 Å². The van der Waals surface area contributed by atoms with Crippen LogP contribution in [0.4, 0.5) is 11.4 Å². The Hall–Kier alpha value is -1.51. The number of hydrogen-bond donors (Lipinski definition) is 1.